The number of rotatable bonds is 5. The summed E-state index contributed by atoms with van der Waals surface area (Å²) in [6, 6.07) is 17.2. The maximum Gasteiger partial charge on any atom is 0.219 e. The van der Waals surface area contributed by atoms with Gasteiger partial charge in [0.1, 0.15) is 17.7 Å². The Morgan fingerprint density at radius 2 is 1.28 bits per heavy atom. The molecule has 8 rings (SSSR count). The lowest BCUT2D eigenvalue weighted by molar-refractivity contribution is 0.375. The van der Waals surface area contributed by atoms with E-state index in [0.29, 0.717) is 29.3 Å². The number of nitrogens with one attached hydrogen (secondary N) is 5. The third-order valence-corrected chi connectivity index (χ3v) is 8.66. The van der Waals surface area contributed by atoms with Crippen LogP contribution in [0.25, 0.3) is 28.1 Å². The Kier molecular flexibility index (Phi) is 4.43. The second kappa shape index (κ2) is 7.63. The number of fused-ring (bicyclic) bond motifs is 2. The van der Waals surface area contributed by atoms with Crippen molar-refractivity contribution in [2.75, 3.05) is 0 Å². The monoisotopic (exact) mass is 486 g/mol. The van der Waals surface area contributed by atoms with Crippen LogP contribution in [0.2, 0.25) is 0 Å². The highest BCUT2D eigenvalue weighted by Gasteiger charge is 2.49. The SMILES string of the molecule is FC1=C(c2ccc(-c3ccc(-c4nc([C@@H]5C[C@H]6C[C@H]6N5)[nH]c4F)cc3)cc2)NC([C@@H]2C[C@H]3C[C@H]3N2)N1. The standard InChI is InChI=1S/C28H28F2N6/c29-25-23(33-27(35-25)21-11-17-9-19(17)31-21)15-5-1-13(2-6-15)14-3-7-16(8-4-14)24-26(30)36-28(34-24)22-12-18-10-20(18)32-22/h1-8,17-22,27,31-33,35H,9-12H2,(H,34,36)/t17-,18-,19-,20-,21+,22+,27?/m1/s1. The van der Waals surface area contributed by atoms with Crippen molar-refractivity contribution in [1.29, 1.82) is 0 Å². The second-order valence-electron chi connectivity index (χ2n) is 11.1. The van der Waals surface area contributed by atoms with Gasteiger partial charge in [-0.3, -0.25) is 0 Å². The highest BCUT2D eigenvalue weighted by molar-refractivity contribution is 5.73. The van der Waals surface area contributed by atoms with Gasteiger partial charge in [-0.1, -0.05) is 48.5 Å². The third kappa shape index (κ3) is 3.46. The van der Waals surface area contributed by atoms with E-state index in [9.17, 15) is 8.78 Å². The van der Waals surface area contributed by atoms with E-state index in [1.54, 1.807) is 0 Å². The summed E-state index contributed by atoms with van der Waals surface area (Å²) in [7, 11) is 0. The molecule has 36 heavy (non-hydrogen) atoms. The molecular formula is C28H28F2N6. The molecular weight excluding hydrogens is 458 g/mol. The topological polar surface area (TPSA) is 76.8 Å². The Bertz CT molecular complexity index is 1340. The van der Waals surface area contributed by atoms with Crippen LogP contribution in [-0.4, -0.2) is 34.3 Å². The number of piperidine rings is 2. The number of nitrogens with zero attached hydrogens (tertiary/aromatic N) is 1. The molecule has 4 fully saturated rings. The van der Waals surface area contributed by atoms with E-state index in [4.69, 9.17) is 0 Å². The smallest absolute Gasteiger partial charge is 0.219 e. The Morgan fingerprint density at radius 3 is 1.92 bits per heavy atom. The predicted molar refractivity (Wildman–Crippen MR) is 133 cm³/mol. The zero-order valence-corrected chi connectivity index (χ0v) is 19.7. The first-order valence-electron chi connectivity index (χ1n) is 13.0. The molecule has 7 atom stereocenters. The van der Waals surface area contributed by atoms with Crippen molar-refractivity contribution < 1.29 is 8.78 Å². The number of hydrogen-bond acceptors (Lipinski definition) is 5. The number of benzene rings is 2. The maximum absolute atomic E-state index is 14.7. The molecule has 3 aliphatic heterocycles. The van der Waals surface area contributed by atoms with Crippen molar-refractivity contribution in [3.05, 3.63) is 71.8 Å². The molecule has 6 nitrogen and oxygen atoms in total. The van der Waals surface area contributed by atoms with E-state index in [0.717, 1.165) is 46.9 Å². The Morgan fingerprint density at radius 1 is 0.667 bits per heavy atom. The van der Waals surface area contributed by atoms with E-state index < -0.39 is 0 Å². The minimum absolute atomic E-state index is 0.113. The summed E-state index contributed by atoms with van der Waals surface area (Å²) in [5.41, 5.74) is 4.47. The van der Waals surface area contributed by atoms with Crippen molar-refractivity contribution in [3.63, 3.8) is 0 Å². The van der Waals surface area contributed by atoms with Crippen molar-refractivity contribution in [3.8, 4) is 22.4 Å². The van der Waals surface area contributed by atoms with Gasteiger partial charge in [-0.05, 0) is 48.6 Å². The molecule has 4 heterocycles. The Balaban J connectivity index is 0.969. The van der Waals surface area contributed by atoms with Gasteiger partial charge in [0.05, 0.1) is 11.7 Å². The van der Waals surface area contributed by atoms with Crippen molar-refractivity contribution in [2.45, 2.75) is 56.0 Å². The van der Waals surface area contributed by atoms with E-state index in [1.807, 2.05) is 48.5 Å². The Hall–Kier alpha value is -3.23. The van der Waals surface area contributed by atoms with Crippen molar-refractivity contribution in [2.24, 2.45) is 11.8 Å². The van der Waals surface area contributed by atoms with Gasteiger partial charge < -0.3 is 26.3 Å². The average Bonchev–Trinajstić information content (AvgIpc) is 3.51. The van der Waals surface area contributed by atoms with Gasteiger partial charge in [-0.15, -0.1) is 0 Å². The number of H-pyrrole nitrogens is 1. The van der Waals surface area contributed by atoms with Crippen LogP contribution in [0.15, 0.2) is 54.5 Å². The van der Waals surface area contributed by atoms with E-state index in [1.165, 1.54) is 12.8 Å². The highest BCUT2D eigenvalue weighted by Crippen LogP contribution is 2.46. The molecule has 0 spiro atoms. The fourth-order valence-corrected chi connectivity index (χ4v) is 6.40. The summed E-state index contributed by atoms with van der Waals surface area (Å²) in [6.45, 7) is 0. The van der Waals surface area contributed by atoms with Crippen LogP contribution in [0, 0.1) is 17.8 Å². The molecule has 8 heteroatoms. The molecule has 2 aliphatic carbocycles. The Labute approximate surface area is 208 Å². The zero-order valence-electron chi connectivity index (χ0n) is 19.7. The van der Waals surface area contributed by atoms with Gasteiger partial charge >= 0.3 is 0 Å². The van der Waals surface area contributed by atoms with Gasteiger partial charge in [0.25, 0.3) is 0 Å². The van der Waals surface area contributed by atoms with Crippen molar-refractivity contribution in [1.82, 2.24) is 31.2 Å². The highest BCUT2D eigenvalue weighted by atomic mass is 19.1. The van der Waals surface area contributed by atoms with Crippen LogP contribution in [-0.2, 0) is 0 Å². The molecule has 1 unspecified atom stereocenters. The van der Waals surface area contributed by atoms with Gasteiger partial charge in [0.15, 0.2) is 0 Å². The van der Waals surface area contributed by atoms with Crippen LogP contribution in [0.4, 0.5) is 8.78 Å². The normalized spacial score (nSPS) is 33.8. The average molecular weight is 487 g/mol. The molecule has 3 aromatic rings. The summed E-state index contributed by atoms with van der Waals surface area (Å²) in [4.78, 5) is 7.42. The molecule has 0 radical (unpaired) electrons. The molecule has 0 bridgehead atoms. The second-order valence-corrected chi connectivity index (χ2v) is 11.1. The van der Waals surface area contributed by atoms with E-state index in [-0.39, 0.29) is 30.1 Å². The molecule has 2 aromatic carbocycles. The van der Waals surface area contributed by atoms with E-state index in [2.05, 4.69) is 31.2 Å². The van der Waals surface area contributed by atoms with Gasteiger partial charge in [0.2, 0.25) is 11.9 Å². The van der Waals surface area contributed by atoms with Crippen LogP contribution < -0.4 is 21.3 Å². The molecule has 5 N–H and O–H groups in total. The number of hydrogen-bond donors (Lipinski definition) is 5. The summed E-state index contributed by atoms with van der Waals surface area (Å²) in [5, 5.41) is 13.4. The van der Waals surface area contributed by atoms with Gasteiger partial charge in [-0.25, -0.2) is 4.98 Å². The molecule has 1 aromatic heterocycles. The van der Waals surface area contributed by atoms with Crippen LogP contribution in [0.3, 0.4) is 0 Å². The quantitative estimate of drug-likeness (QED) is 0.350. The number of aromatic amines is 1. The fourth-order valence-electron chi connectivity index (χ4n) is 6.40. The number of imidazole rings is 1. The third-order valence-electron chi connectivity index (χ3n) is 8.66. The first kappa shape index (κ1) is 20.9. The first-order chi connectivity index (χ1) is 17.6. The first-order valence-corrected chi connectivity index (χ1v) is 13.0. The number of aromatic nitrogens is 2. The van der Waals surface area contributed by atoms with Gasteiger partial charge in [-0.2, -0.15) is 8.78 Å². The molecule has 5 aliphatic rings. The predicted octanol–water partition coefficient (Wildman–Crippen LogP) is 4.17. The minimum atomic E-state index is -0.388. The molecule has 2 saturated carbocycles. The largest absolute Gasteiger partial charge is 0.360 e. The van der Waals surface area contributed by atoms with E-state index >= 15 is 0 Å². The van der Waals surface area contributed by atoms with Crippen LogP contribution in [0.5, 0.6) is 0 Å². The molecule has 0 amide bonds. The lowest BCUT2D eigenvalue weighted by atomic mass is 10.0. The zero-order chi connectivity index (χ0) is 24.0. The lowest BCUT2D eigenvalue weighted by Gasteiger charge is -2.22. The molecule has 184 valence electrons. The van der Waals surface area contributed by atoms with Crippen molar-refractivity contribution >= 4 is 5.70 Å². The summed E-state index contributed by atoms with van der Waals surface area (Å²) < 4.78 is 29.4. The molecule has 2 saturated heterocycles. The summed E-state index contributed by atoms with van der Waals surface area (Å²) in [6.07, 6.45) is 4.49. The summed E-state index contributed by atoms with van der Waals surface area (Å²) in [5.74, 6) is 1.48. The van der Waals surface area contributed by atoms with Crippen LogP contribution >= 0.6 is 0 Å². The van der Waals surface area contributed by atoms with Gasteiger partial charge in [0, 0.05) is 29.3 Å². The lowest BCUT2D eigenvalue weighted by Crippen LogP contribution is -2.49. The maximum atomic E-state index is 14.7. The minimum Gasteiger partial charge on any atom is -0.360 e. The number of halogens is 2. The summed E-state index contributed by atoms with van der Waals surface area (Å²) >= 11 is 0. The fraction of sp³-hybridized carbons (Fsp3) is 0.393. The van der Waals surface area contributed by atoms with Crippen LogP contribution in [0.1, 0.15) is 43.1 Å².